The second-order valence-electron chi connectivity index (χ2n) is 6.62. The molecule has 0 saturated heterocycles. The number of ether oxygens (including phenoxy) is 1. The minimum Gasteiger partial charge on any atom is -0.381 e. The highest BCUT2D eigenvalue weighted by molar-refractivity contribution is 5.79. The minimum atomic E-state index is 0.616. The lowest BCUT2D eigenvalue weighted by Gasteiger charge is -2.25. The summed E-state index contributed by atoms with van der Waals surface area (Å²) in [4.78, 5) is 6.61. The summed E-state index contributed by atoms with van der Waals surface area (Å²) in [7, 11) is 6.16. The van der Waals surface area contributed by atoms with Crippen molar-refractivity contribution in [2.75, 3.05) is 47.4 Å². The van der Waals surface area contributed by atoms with Crippen molar-refractivity contribution in [2.45, 2.75) is 38.1 Å². The zero-order valence-corrected chi connectivity index (χ0v) is 13.9. The van der Waals surface area contributed by atoms with E-state index in [0.29, 0.717) is 6.04 Å². The lowest BCUT2D eigenvalue weighted by molar-refractivity contribution is 0.123. The van der Waals surface area contributed by atoms with Crippen LogP contribution >= 0.6 is 0 Å². The van der Waals surface area contributed by atoms with E-state index in [-0.39, 0.29) is 0 Å². The predicted octanol–water partition coefficient (Wildman–Crippen LogP) is 1.31. The van der Waals surface area contributed by atoms with Crippen LogP contribution in [0.2, 0.25) is 0 Å². The fourth-order valence-corrected chi connectivity index (χ4v) is 2.59. The standard InChI is InChI=1S/C16H32N4O/c1-17-16(18-9-4-10-21-12-13-5-6-13)19-11-15(20(2)3)14-7-8-14/h13-15H,4-12H2,1-3H3,(H2,17,18,19). The average molecular weight is 296 g/mol. The first-order valence-electron chi connectivity index (χ1n) is 8.39. The van der Waals surface area contributed by atoms with Gasteiger partial charge in [0.05, 0.1) is 0 Å². The quantitative estimate of drug-likeness (QED) is 0.362. The molecular formula is C16H32N4O. The van der Waals surface area contributed by atoms with Gasteiger partial charge in [0.15, 0.2) is 5.96 Å². The second kappa shape index (κ2) is 8.59. The first-order chi connectivity index (χ1) is 10.2. The van der Waals surface area contributed by atoms with Crippen LogP contribution in [0.15, 0.2) is 4.99 Å². The third-order valence-corrected chi connectivity index (χ3v) is 4.34. The molecule has 5 nitrogen and oxygen atoms in total. The van der Waals surface area contributed by atoms with Crippen LogP contribution in [0.25, 0.3) is 0 Å². The monoisotopic (exact) mass is 296 g/mol. The molecule has 122 valence electrons. The van der Waals surface area contributed by atoms with Crippen LogP contribution in [-0.4, -0.2) is 64.3 Å². The molecule has 0 spiro atoms. The van der Waals surface area contributed by atoms with Crippen molar-refractivity contribution in [2.24, 2.45) is 16.8 Å². The lowest BCUT2D eigenvalue weighted by Crippen LogP contribution is -2.46. The van der Waals surface area contributed by atoms with Gasteiger partial charge in [-0.25, -0.2) is 0 Å². The molecule has 2 rings (SSSR count). The van der Waals surface area contributed by atoms with E-state index in [1.807, 2.05) is 7.05 Å². The summed E-state index contributed by atoms with van der Waals surface area (Å²) in [5, 5.41) is 6.81. The Balaban J connectivity index is 1.52. The number of nitrogens with one attached hydrogen (secondary N) is 2. The highest BCUT2D eigenvalue weighted by Gasteiger charge is 2.32. The van der Waals surface area contributed by atoms with Crippen LogP contribution in [0, 0.1) is 11.8 Å². The molecule has 1 atom stereocenters. The first-order valence-corrected chi connectivity index (χ1v) is 8.39. The summed E-state index contributed by atoms with van der Waals surface area (Å²) >= 11 is 0. The highest BCUT2D eigenvalue weighted by atomic mass is 16.5. The second-order valence-corrected chi connectivity index (χ2v) is 6.62. The maximum Gasteiger partial charge on any atom is 0.191 e. The number of nitrogens with zero attached hydrogens (tertiary/aromatic N) is 2. The molecule has 0 bridgehead atoms. The van der Waals surface area contributed by atoms with Crippen LogP contribution in [0.5, 0.6) is 0 Å². The van der Waals surface area contributed by atoms with Crippen molar-refractivity contribution in [1.82, 2.24) is 15.5 Å². The molecule has 2 saturated carbocycles. The molecule has 5 heteroatoms. The Bertz CT molecular complexity index is 322. The number of hydrogen-bond acceptors (Lipinski definition) is 3. The van der Waals surface area contributed by atoms with E-state index >= 15 is 0 Å². The van der Waals surface area contributed by atoms with Gasteiger partial charge in [0.1, 0.15) is 0 Å². The van der Waals surface area contributed by atoms with E-state index < -0.39 is 0 Å². The van der Waals surface area contributed by atoms with Gasteiger partial charge < -0.3 is 20.3 Å². The maximum atomic E-state index is 5.64. The molecule has 0 radical (unpaired) electrons. The first kappa shape index (κ1) is 16.6. The van der Waals surface area contributed by atoms with Crippen molar-refractivity contribution in [3.05, 3.63) is 0 Å². The maximum absolute atomic E-state index is 5.64. The third-order valence-electron chi connectivity index (χ3n) is 4.34. The van der Waals surface area contributed by atoms with Crippen LogP contribution in [-0.2, 0) is 4.74 Å². The van der Waals surface area contributed by atoms with Gasteiger partial charge in [0.25, 0.3) is 0 Å². The van der Waals surface area contributed by atoms with Gasteiger partial charge in [-0.3, -0.25) is 4.99 Å². The van der Waals surface area contributed by atoms with Crippen molar-refractivity contribution in [3.8, 4) is 0 Å². The van der Waals surface area contributed by atoms with Gasteiger partial charge in [0, 0.05) is 39.4 Å². The zero-order chi connectivity index (χ0) is 15.1. The Morgan fingerprint density at radius 3 is 2.57 bits per heavy atom. The summed E-state index contributed by atoms with van der Waals surface area (Å²) in [5.74, 6) is 2.63. The largest absolute Gasteiger partial charge is 0.381 e. The van der Waals surface area contributed by atoms with Crippen LogP contribution in [0.1, 0.15) is 32.1 Å². The fourth-order valence-electron chi connectivity index (χ4n) is 2.59. The molecule has 2 fully saturated rings. The summed E-state index contributed by atoms with van der Waals surface area (Å²) in [6, 6.07) is 0.616. The number of likely N-dealkylation sites (N-methyl/N-ethyl adjacent to an activating group) is 1. The Hall–Kier alpha value is -0.810. The Morgan fingerprint density at radius 2 is 2.00 bits per heavy atom. The SMILES string of the molecule is CN=C(NCCCOCC1CC1)NCC(C1CC1)N(C)C. The van der Waals surface area contributed by atoms with Gasteiger partial charge in [0.2, 0.25) is 0 Å². The predicted molar refractivity (Wildman–Crippen MR) is 87.7 cm³/mol. The normalized spacial score (nSPS) is 20.7. The molecule has 2 aliphatic carbocycles. The Morgan fingerprint density at radius 1 is 1.24 bits per heavy atom. The Labute approximate surface area is 129 Å². The average Bonchev–Trinajstić information content (AvgIpc) is 3.34. The number of rotatable bonds is 10. The van der Waals surface area contributed by atoms with E-state index in [0.717, 1.165) is 50.5 Å². The molecular weight excluding hydrogens is 264 g/mol. The summed E-state index contributed by atoms with van der Waals surface area (Å²) < 4.78 is 5.64. The molecule has 0 aromatic heterocycles. The van der Waals surface area contributed by atoms with Crippen molar-refractivity contribution in [3.63, 3.8) is 0 Å². The smallest absolute Gasteiger partial charge is 0.191 e. The Kier molecular flexibility index (Phi) is 6.77. The number of hydrogen-bond donors (Lipinski definition) is 2. The molecule has 21 heavy (non-hydrogen) atoms. The molecule has 0 aliphatic heterocycles. The molecule has 2 N–H and O–H groups in total. The third kappa shape index (κ3) is 6.66. The van der Waals surface area contributed by atoms with Crippen molar-refractivity contribution >= 4 is 5.96 Å². The van der Waals surface area contributed by atoms with Gasteiger partial charge in [-0.1, -0.05) is 0 Å². The highest BCUT2D eigenvalue weighted by Crippen LogP contribution is 2.34. The van der Waals surface area contributed by atoms with Gasteiger partial charge in [-0.15, -0.1) is 0 Å². The summed E-state index contributed by atoms with van der Waals surface area (Å²) in [6.45, 7) is 3.69. The molecule has 0 aromatic rings. The molecule has 0 amide bonds. The van der Waals surface area contributed by atoms with Gasteiger partial charge in [-0.05, 0) is 58.0 Å². The zero-order valence-electron chi connectivity index (χ0n) is 13.9. The van der Waals surface area contributed by atoms with Gasteiger partial charge >= 0.3 is 0 Å². The van der Waals surface area contributed by atoms with E-state index in [9.17, 15) is 0 Å². The van der Waals surface area contributed by atoms with E-state index in [4.69, 9.17) is 4.74 Å². The topological polar surface area (TPSA) is 48.9 Å². The van der Waals surface area contributed by atoms with Crippen LogP contribution < -0.4 is 10.6 Å². The number of aliphatic imine (C=N–C) groups is 1. The van der Waals surface area contributed by atoms with E-state index in [1.54, 1.807) is 0 Å². The molecule has 0 aromatic carbocycles. The van der Waals surface area contributed by atoms with Crippen LogP contribution in [0.3, 0.4) is 0 Å². The summed E-state index contributed by atoms with van der Waals surface area (Å²) in [5.41, 5.74) is 0. The van der Waals surface area contributed by atoms with Crippen molar-refractivity contribution < 1.29 is 4.74 Å². The van der Waals surface area contributed by atoms with E-state index in [1.165, 1.54) is 25.7 Å². The number of guanidine groups is 1. The summed E-state index contributed by atoms with van der Waals surface area (Å²) in [6.07, 6.45) is 6.50. The van der Waals surface area contributed by atoms with Crippen LogP contribution in [0.4, 0.5) is 0 Å². The van der Waals surface area contributed by atoms with Gasteiger partial charge in [-0.2, -0.15) is 0 Å². The fraction of sp³-hybridized carbons (Fsp3) is 0.938. The molecule has 2 aliphatic rings. The van der Waals surface area contributed by atoms with Crippen molar-refractivity contribution in [1.29, 1.82) is 0 Å². The molecule has 1 unspecified atom stereocenters. The van der Waals surface area contributed by atoms with E-state index in [2.05, 4.69) is 34.6 Å². The lowest BCUT2D eigenvalue weighted by atomic mass is 10.1. The minimum absolute atomic E-state index is 0.616. The molecule has 0 heterocycles.